The Hall–Kier alpha value is -5.23. The Bertz CT molecular complexity index is 2000. The summed E-state index contributed by atoms with van der Waals surface area (Å²) in [4.78, 5) is 32.3. The molecule has 1 saturated carbocycles. The van der Waals surface area contributed by atoms with E-state index in [0.717, 1.165) is 64.7 Å². The van der Waals surface area contributed by atoms with E-state index < -0.39 is 11.5 Å². The van der Waals surface area contributed by atoms with Crippen molar-refractivity contribution in [2.24, 2.45) is 27.1 Å². The number of fused-ring (bicyclic) bond motifs is 1. The van der Waals surface area contributed by atoms with E-state index >= 15 is 4.79 Å². The normalized spacial score (nSPS) is 17.7. The van der Waals surface area contributed by atoms with E-state index in [4.69, 9.17) is 20.1 Å². The van der Waals surface area contributed by atoms with E-state index in [2.05, 4.69) is 91.7 Å². The fourth-order valence-corrected chi connectivity index (χ4v) is 7.64. The van der Waals surface area contributed by atoms with Crippen molar-refractivity contribution in [3.8, 4) is 16.9 Å². The van der Waals surface area contributed by atoms with Crippen molar-refractivity contribution in [2.45, 2.75) is 89.9 Å². The summed E-state index contributed by atoms with van der Waals surface area (Å²) in [6.45, 7) is 8.99. The third-order valence-electron chi connectivity index (χ3n) is 10.5. The average molecular weight is 764 g/mol. The number of aryl methyl sites for hydroxylation is 1. The van der Waals surface area contributed by atoms with Crippen LogP contribution in [0.1, 0.15) is 76.3 Å². The maximum absolute atomic E-state index is 15.0. The standard InChI is InChI=1S/C44H57N7O5/c1-44(2,3)56-43(53)50-24-22-37(33-12-8-11-32(27-33)31-16-20-36(21-17-31)55-26-9-15-41(47-45)48-46-4)39(30-50)42(52)51(35-18-19-35)29-34-28-49(23-10-25-54-5)40-14-7-6-13-38(34)40/h6-8,11-14,16-17,20-21,27-28,35,37,39H,9-10,15,18-19,22-26,29-30,45H2,1-5H3/t37-,39+/m1/s1. The molecule has 1 aromatic heterocycles. The van der Waals surface area contributed by atoms with Crippen LogP contribution < -0.4 is 10.6 Å². The van der Waals surface area contributed by atoms with Crippen molar-refractivity contribution in [1.29, 1.82) is 0 Å². The second-order valence-corrected chi connectivity index (χ2v) is 15.8. The molecule has 0 bridgehead atoms. The van der Waals surface area contributed by atoms with Crippen molar-refractivity contribution in [2.75, 3.05) is 40.5 Å². The highest BCUT2D eigenvalue weighted by atomic mass is 16.6. The number of hydrogen-bond acceptors (Lipinski definition) is 8. The molecule has 2 amide bonds. The number of methoxy groups -OCH3 is 1. The van der Waals surface area contributed by atoms with Crippen LogP contribution in [0.5, 0.6) is 5.75 Å². The summed E-state index contributed by atoms with van der Waals surface area (Å²) in [5.74, 6) is 6.23. The molecule has 12 nitrogen and oxygen atoms in total. The predicted octanol–water partition coefficient (Wildman–Crippen LogP) is 8.39. The average Bonchev–Trinajstić information content (AvgIpc) is 3.99. The van der Waals surface area contributed by atoms with Crippen molar-refractivity contribution >= 4 is 28.7 Å². The van der Waals surface area contributed by atoms with Crippen LogP contribution in [0.3, 0.4) is 0 Å². The highest BCUT2D eigenvalue weighted by molar-refractivity contribution is 5.86. The number of carbonyl (C=O) groups excluding carboxylic acids is 2. The summed E-state index contributed by atoms with van der Waals surface area (Å²) in [6.07, 6.45) is 6.64. The Labute approximate surface area is 330 Å². The molecule has 6 rings (SSSR count). The monoisotopic (exact) mass is 763 g/mol. The summed E-state index contributed by atoms with van der Waals surface area (Å²) >= 11 is 0. The third kappa shape index (κ3) is 10.3. The first-order valence-corrected chi connectivity index (χ1v) is 19.8. The molecule has 2 fully saturated rings. The SMILES string of the molecule is CN=NC(CCCOc1ccc(-c2cccc([C@H]3CCN(C(=O)OC(C)(C)C)C[C@@H]3C(=O)N(Cc3cn(CCCOC)c4ccccc34)C3CC3)c2)cc1)=NN. The molecule has 2 heterocycles. The van der Waals surface area contributed by atoms with Crippen LogP contribution in [0.2, 0.25) is 0 Å². The predicted molar refractivity (Wildman–Crippen MR) is 220 cm³/mol. The minimum atomic E-state index is -0.635. The second-order valence-electron chi connectivity index (χ2n) is 15.8. The number of carbonyl (C=O) groups is 2. The first kappa shape index (κ1) is 40.4. The van der Waals surface area contributed by atoms with Gasteiger partial charge in [0.2, 0.25) is 5.91 Å². The number of amidine groups is 1. The smallest absolute Gasteiger partial charge is 0.410 e. The molecule has 3 aromatic carbocycles. The highest BCUT2D eigenvalue weighted by Crippen LogP contribution is 2.40. The number of rotatable bonds is 15. The fraction of sp³-hybridized carbons (Fsp3) is 0.477. The molecule has 0 unspecified atom stereocenters. The molecule has 0 spiro atoms. The van der Waals surface area contributed by atoms with Gasteiger partial charge < -0.3 is 34.4 Å². The van der Waals surface area contributed by atoms with E-state index in [1.165, 1.54) is 0 Å². The van der Waals surface area contributed by atoms with Crippen LogP contribution in [-0.4, -0.2) is 84.3 Å². The molecule has 2 atom stereocenters. The van der Waals surface area contributed by atoms with Gasteiger partial charge in [-0.1, -0.05) is 54.6 Å². The molecule has 1 aliphatic heterocycles. The summed E-state index contributed by atoms with van der Waals surface area (Å²) in [5.41, 5.74) is 4.87. The topological polar surface area (TPSA) is 136 Å². The van der Waals surface area contributed by atoms with Crippen LogP contribution in [0.4, 0.5) is 4.79 Å². The van der Waals surface area contributed by atoms with Gasteiger partial charge in [0.15, 0.2) is 5.84 Å². The molecule has 56 heavy (non-hydrogen) atoms. The zero-order valence-electron chi connectivity index (χ0n) is 33.5. The molecule has 4 aromatic rings. The molecular formula is C44H57N7O5. The minimum Gasteiger partial charge on any atom is -0.494 e. The van der Waals surface area contributed by atoms with Crippen molar-refractivity contribution in [3.63, 3.8) is 0 Å². The van der Waals surface area contributed by atoms with Crippen LogP contribution in [-0.2, 0) is 27.4 Å². The van der Waals surface area contributed by atoms with Gasteiger partial charge in [0.1, 0.15) is 11.4 Å². The van der Waals surface area contributed by atoms with Gasteiger partial charge in [0.05, 0.1) is 12.5 Å². The van der Waals surface area contributed by atoms with Gasteiger partial charge in [-0.2, -0.15) is 10.2 Å². The summed E-state index contributed by atoms with van der Waals surface area (Å²) in [7, 11) is 3.32. The number of ether oxygens (including phenoxy) is 3. The van der Waals surface area contributed by atoms with Gasteiger partial charge in [-0.05, 0) is 99.2 Å². The largest absolute Gasteiger partial charge is 0.494 e. The maximum atomic E-state index is 15.0. The lowest BCUT2D eigenvalue weighted by molar-refractivity contribution is -0.139. The number of nitrogens with zero attached hydrogens (tertiary/aromatic N) is 6. The summed E-state index contributed by atoms with van der Waals surface area (Å²) in [6, 6.07) is 25.2. The van der Waals surface area contributed by atoms with Gasteiger partial charge in [-0.15, -0.1) is 5.11 Å². The van der Waals surface area contributed by atoms with E-state index in [1.54, 1.807) is 19.1 Å². The van der Waals surface area contributed by atoms with Gasteiger partial charge >= 0.3 is 6.09 Å². The van der Waals surface area contributed by atoms with Crippen LogP contribution in [0, 0.1) is 5.92 Å². The van der Waals surface area contributed by atoms with Gasteiger partial charge in [-0.25, -0.2) is 4.79 Å². The Balaban J connectivity index is 1.23. The number of benzene rings is 3. The zero-order valence-corrected chi connectivity index (χ0v) is 33.5. The number of hydrogen-bond donors (Lipinski definition) is 1. The molecule has 2 aliphatic rings. The van der Waals surface area contributed by atoms with Crippen molar-refractivity contribution < 1.29 is 23.8 Å². The van der Waals surface area contributed by atoms with Gasteiger partial charge in [-0.3, -0.25) is 4.79 Å². The van der Waals surface area contributed by atoms with Gasteiger partial charge in [0.25, 0.3) is 0 Å². The summed E-state index contributed by atoms with van der Waals surface area (Å²) in [5, 5.41) is 12.5. The number of likely N-dealkylation sites (tertiary alicyclic amines) is 1. The number of amides is 2. The van der Waals surface area contributed by atoms with Crippen molar-refractivity contribution in [1.82, 2.24) is 14.4 Å². The van der Waals surface area contributed by atoms with E-state index in [1.807, 2.05) is 32.9 Å². The number of hydrazone groups is 1. The van der Waals surface area contributed by atoms with Crippen molar-refractivity contribution in [3.05, 3.63) is 90.1 Å². The fourth-order valence-electron chi connectivity index (χ4n) is 7.64. The quantitative estimate of drug-likeness (QED) is 0.0323. The molecule has 1 aliphatic carbocycles. The maximum Gasteiger partial charge on any atom is 0.410 e. The van der Waals surface area contributed by atoms with Crippen LogP contribution in [0.15, 0.2) is 94.3 Å². The number of azo groups is 1. The number of aromatic nitrogens is 1. The lowest BCUT2D eigenvalue weighted by Gasteiger charge is -2.40. The van der Waals surface area contributed by atoms with Crippen LogP contribution >= 0.6 is 0 Å². The number of para-hydroxylation sites is 1. The molecule has 0 radical (unpaired) electrons. The Kier molecular flexibility index (Phi) is 13.4. The number of piperidine rings is 1. The third-order valence-corrected chi connectivity index (χ3v) is 10.5. The molecular weight excluding hydrogens is 707 g/mol. The molecule has 1 saturated heterocycles. The van der Waals surface area contributed by atoms with E-state index in [0.29, 0.717) is 57.9 Å². The Morgan fingerprint density at radius 1 is 0.946 bits per heavy atom. The minimum absolute atomic E-state index is 0.0745. The van der Waals surface area contributed by atoms with Gasteiger partial charge in [0, 0.05) is 76.5 Å². The number of nitrogens with two attached hydrogens (primary N) is 1. The lowest BCUT2D eigenvalue weighted by Crippen LogP contribution is -2.51. The first-order valence-electron chi connectivity index (χ1n) is 19.8. The van der Waals surface area contributed by atoms with Crippen LogP contribution in [0.25, 0.3) is 22.0 Å². The lowest BCUT2D eigenvalue weighted by atomic mass is 9.79. The molecule has 298 valence electrons. The first-order chi connectivity index (χ1) is 27.1. The second kappa shape index (κ2) is 18.6. The Morgan fingerprint density at radius 3 is 2.45 bits per heavy atom. The summed E-state index contributed by atoms with van der Waals surface area (Å²) < 4.78 is 19.4. The molecule has 2 N–H and O–H groups in total. The van der Waals surface area contributed by atoms with E-state index in [9.17, 15) is 4.79 Å². The highest BCUT2D eigenvalue weighted by Gasteiger charge is 2.43. The zero-order chi connectivity index (χ0) is 39.7. The van der Waals surface area contributed by atoms with E-state index in [-0.39, 0.29) is 24.0 Å². The molecule has 12 heteroatoms. The Morgan fingerprint density at radius 2 is 1.73 bits per heavy atom.